The number of methoxy groups -OCH3 is 1. The van der Waals surface area contributed by atoms with Crippen molar-refractivity contribution in [2.75, 3.05) is 7.11 Å². The van der Waals surface area contributed by atoms with Gasteiger partial charge in [0.25, 0.3) is 0 Å². The number of benzene rings is 2. The summed E-state index contributed by atoms with van der Waals surface area (Å²) < 4.78 is 18.5. The molecule has 0 aliphatic rings. The second kappa shape index (κ2) is 6.16. The summed E-state index contributed by atoms with van der Waals surface area (Å²) in [6.07, 6.45) is 0. The smallest absolute Gasteiger partial charge is 0.122 e. The zero-order valence-electron chi connectivity index (χ0n) is 9.93. The molecule has 0 fully saturated rings. The van der Waals surface area contributed by atoms with E-state index in [0.717, 1.165) is 20.7 Å². The van der Waals surface area contributed by atoms with E-state index in [0.29, 0.717) is 5.75 Å². The third kappa shape index (κ3) is 3.21. The van der Waals surface area contributed by atoms with E-state index in [1.807, 2.05) is 48.5 Å². The van der Waals surface area contributed by atoms with Gasteiger partial charge >= 0.3 is 0 Å². The third-order valence-corrected chi connectivity index (χ3v) is 4.46. The van der Waals surface area contributed by atoms with Crippen LogP contribution in [0.2, 0.25) is 0 Å². The van der Waals surface area contributed by atoms with E-state index in [1.165, 1.54) is 0 Å². The SMILES string of the molecule is COc1ccccc1C[S@@](=O)c1ccc(Br)cc1. The lowest BCUT2D eigenvalue weighted by molar-refractivity contribution is 0.411. The molecule has 0 aromatic heterocycles. The standard InChI is InChI=1S/C14H13BrO2S/c1-17-14-5-3-2-4-11(14)10-18(16)13-8-6-12(15)7-9-13/h2-9H,10H2,1H3/t18-/m1/s1. The van der Waals surface area contributed by atoms with Gasteiger partial charge in [0.15, 0.2) is 0 Å². The highest BCUT2D eigenvalue weighted by atomic mass is 79.9. The van der Waals surface area contributed by atoms with Gasteiger partial charge in [0.05, 0.1) is 23.7 Å². The summed E-state index contributed by atoms with van der Waals surface area (Å²) in [7, 11) is 0.571. The fraction of sp³-hybridized carbons (Fsp3) is 0.143. The minimum atomic E-state index is -1.06. The van der Waals surface area contributed by atoms with Gasteiger partial charge < -0.3 is 4.74 Å². The normalized spacial score (nSPS) is 12.1. The van der Waals surface area contributed by atoms with Crippen LogP contribution in [0.15, 0.2) is 57.9 Å². The van der Waals surface area contributed by atoms with Crippen molar-refractivity contribution in [3.63, 3.8) is 0 Å². The van der Waals surface area contributed by atoms with E-state index in [-0.39, 0.29) is 0 Å². The van der Waals surface area contributed by atoms with Crippen LogP contribution in [0, 0.1) is 0 Å². The van der Waals surface area contributed by atoms with Crippen LogP contribution in [-0.2, 0) is 16.6 Å². The molecule has 0 bridgehead atoms. The molecule has 0 aliphatic carbocycles. The predicted octanol–water partition coefficient (Wildman–Crippen LogP) is 3.77. The highest BCUT2D eigenvalue weighted by Gasteiger charge is 2.08. The Morgan fingerprint density at radius 2 is 1.78 bits per heavy atom. The van der Waals surface area contributed by atoms with E-state index in [9.17, 15) is 4.21 Å². The number of rotatable bonds is 4. The first-order chi connectivity index (χ1) is 8.70. The summed E-state index contributed by atoms with van der Waals surface area (Å²) in [5, 5.41) is 0. The van der Waals surface area contributed by atoms with Gasteiger partial charge in [-0.2, -0.15) is 0 Å². The van der Waals surface area contributed by atoms with E-state index in [2.05, 4.69) is 15.9 Å². The summed E-state index contributed by atoms with van der Waals surface area (Å²) in [5.41, 5.74) is 0.959. The van der Waals surface area contributed by atoms with Crippen LogP contribution in [0.1, 0.15) is 5.56 Å². The molecule has 94 valence electrons. The molecule has 18 heavy (non-hydrogen) atoms. The van der Waals surface area contributed by atoms with Crippen molar-refractivity contribution in [2.24, 2.45) is 0 Å². The summed E-state index contributed by atoms with van der Waals surface area (Å²) >= 11 is 3.37. The van der Waals surface area contributed by atoms with E-state index >= 15 is 0 Å². The van der Waals surface area contributed by atoms with E-state index in [4.69, 9.17) is 4.74 Å². The fourth-order valence-electron chi connectivity index (χ4n) is 1.63. The number of hydrogen-bond donors (Lipinski definition) is 0. The Hall–Kier alpha value is -1.13. The Kier molecular flexibility index (Phi) is 4.55. The van der Waals surface area contributed by atoms with E-state index in [1.54, 1.807) is 7.11 Å². The summed E-state index contributed by atoms with van der Waals surface area (Å²) in [6, 6.07) is 15.2. The maximum absolute atomic E-state index is 12.2. The van der Waals surface area contributed by atoms with Gasteiger partial charge in [-0.05, 0) is 30.3 Å². The fourth-order valence-corrected chi connectivity index (χ4v) is 3.02. The lowest BCUT2D eigenvalue weighted by Gasteiger charge is -2.08. The molecule has 0 N–H and O–H groups in total. The molecule has 1 atom stereocenters. The quantitative estimate of drug-likeness (QED) is 0.855. The molecular formula is C14H13BrO2S. The molecule has 0 heterocycles. The maximum Gasteiger partial charge on any atom is 0.122 e. The Morgan fingerprint density at radius 1 is 1.11 bits per heavy atom. The molecule has 0 amide bonds. The summed E-state index contributed by atoms with van der Waals surface area (Å²) in [5.74, 6) is 1.24. The molecule has 0 radical (unpaired) electrons. The Bertz CT molecular complexity index is 552. The van der Waals surface area contributed by atoms with Gasteiger partial charge in [0.1, 0.15) is 5.75 Å². The monoisotopic (exact) mass is 324 g/mol. The largest absolute Gasteiger partial charge is 0.496 e. The highest BCUT2D eigenvalue weighted by molar-refractivity contribution is 9.10. The number of halogens is 1. The molecular weight excluding hydrogens is 312 g/mol. The van der Waals surface area contributed by atoms with Crippen molar-refractivity contribution in [3.05, 3.63) is 58.6 Å². The lowest BCUT2D eigenvalue weighted by atomic mass is 10.2. The van der Waals surface area contributed by atoms with Crippen molar-refractivity contribution < 1.29 is 8.95 Å². The van der Waals surface area contributed by atoms with Crippen LogP contribution < -0.4 is 4.74 Å². The average molecular weight is 325 g/mol. The Labute approximate surface area is 118 Å². The number of ether oxygens (including phenoxy) is 1. The molecule has 0 saturated heterocycles. The average Bonchev–Trinajstić information content (AvgIpc) is 2.40. The van der Waals surface area contributed by atoms with Crippen LogP contribution in [0.25, 0.3) is 0 Å². The van der Waals surface area contributed by atoms with Crippen molar-refractivity contribution in [1.29, 1.82) is 0 Å². The minimum Gasteiger partial charge on any atom is -0.496 e. The zero-order valence-corrected chi connectivity index (χ0v) is 12.3. The summed E-state index contributed by atoms with van der Waals surface area (Å²) in [4.78, 5) is 0.823. The molecule has 2 nitrogen and oxygen atoms in total. The van der Waals surface area contributed by atoms with Crippen molar-refractivity contribution in [2.45, 2.75) is 10.6 Å². The predicted molar refractivity (Wildman–Crippen MR) is 77.2 cm³/mol. The van der Waals surface area contributed by atoms with Gasteiger partial charge in [-0.15, -0.1) is 0 Å². The first kappa shape index (κ1) is 13.3. The molecule has 0 unspecified atom stereocenters. The molecule has 0 saturated carbocycles. The van der Waals surface area contributed by atoms with Crippen molar-refractivity contribution >= 4 is 26.7 Å². The first-order valence-electron chi connectivity index (χ1n) is 5.46. The second-order valence-electron chi connectivity index (χ2n) is 3.76. The second-order valence-corrected chi connectivity index (χ2v) is 6.12. The lowest BCUT2D eigenvalue weighted by Crippen LogP contribution is -1.98. The number of para-hydroxylation sites is 1. The third-order valence-electron chi connectivity index (χ3n) is 2.56. The molecule has 2 aromatic rings. The molecule has 4 heteroatoms. The van der Waals surface area contributed by atoms with Crippen molar-refractivity contribution in [1.82, 2.24) is 0 Å². The first-order valence-corrected chi connectivity index (χ1v) is 7.58. The highest BCUT2D eigenvalue weighted by Crippen LogP contribution is 2.22. The Morgan fingerprint density at radius 3 is 2.44 bits per heavy atom. The minimum absolute atomic E-state index is 0.464. The topological polar surface area (TPSA) is 26.3 Å². The van der Waals surface area contributed by atoms with Crippen LogP contribution in [-0.4, -0.2) is 11.3 Å². The van der Waals surface area contributed by atoms with E-state index < -0.39 is 10.8 Å². The van der Waals surface area contributed by atoms with Crippen LogP contribution >= 0.6 is 15.9 Å². The molecule has 2 aromatic carbocycles. The maximum atomic E-state index is 12.2. The van der Waals surface area contributed by atoms with Gasteiger partial charge in [-0.25, -0.2) is 0 Å². The number of hydrogen-bond acceptors (Lipinski definition) is 2. The van der Waals surface area contributed by atoms with Crippen molar-refractivity contribution in [3.8, 4) is 5.75 Å². The summed E-state index contributed by atoms with van der Waals surface area (Å²) in [6.45, 7) is 0. The Balaban J connectivity index is 2.18. The van der Waals surface area contributed by atoms with Gasteiger partial charge in [0, 0.05) is 14.9 Å². The van der Waals surface area contributed by atoms with Gasteiger partial charge in [0.2, 0.25) is 0 Å². The molecule has 0 spiro atoms. The van der Waals surface area contributed by atoms with Gasteiger partial charge in [-0.3, -0.25) is 4.21 Å². The molecule has 0 aliphatic heterocycles. The van der Waals surface area contributed by atoms with Crippen LogP contribution in [0.4, 0.5) is 0 Å². The van der Waals surface area contributed by atoms with Crippen LogP contribution in [0.3, 0.4) is 0 Å². The van der Waals surface area contributed by atoms with Crippen LogP contribution in [0.5, 0.6) is 5.75 Å². The van der Waals surface area contributed by atoms with Gasteiger partial charge in [-0.1, -0.05) is 34.1 Å². The zero-order chi connectivity index (χ0) is 13.0. The molecule has 2 rings (SSSR count).